The predicted octanol–water partition coefficient (Wildman–Crippen LogP) is -2.37. The minimum atomic E-state index is -2.00. The monoisotopic (exact) mass is 452 g/mol. The van der Waals surface area contributed by atoms with Gasteiger partial charge in [-0.2, -0.15) is 0 Å². The van der Waals surface area contributed by atoms with Crippen molar-refractivity contribution in [2.24, 2.45) is 0 Å². The molecule has 0 aromatic carbocycles. The van der Waals surface area contributed by atoms with Crippen LogP contribution in [0.3, 0.4) is 0 Å². The quantitative estimate of drug-likeness (QED) is 0.286. The van der Waals surface area contributed by atoms with Crippen LogP contribution in [0.1, 0.15) is 18.9 Å². The van der Waals surface area contributed by atoms with Gasteiger partial charge >= 0.3 is 0 Å². The number of likely N-dealkylation sites (N-methyl/N-ethyl adjacent to an activating group) is 2. The van der Waals surface area contributed by atoms with Gasteiger partial charge in [0.15, 0.2) is 0 Å². The topological polar surface area (TPSA) is 154 Å². The summed E-state index contributed by atoms with van der Waals surface area (Å²) in [6.45, 7) is 1.81. The Morgan fingerprint density at radius 3 is 2.47 bits per heavy atom. The smallest absolute Gasteiger partial charge is 0.239 e. The van der Waals surface area contributed by atoms with Gasteiger partial charge < -0.3 is 45.5 Å². The van der Waals surface area contributed by atoms with E-state index in [9.17, 15) is 20.1 Å². The molecule has 3 fully saturated rings. The van der Waals surface area contributed by atoms with Crippen molar-refractivity contribution in [2.75, 3.05) is 14.1 Å². The van der Waals surface area contributed by atoms with E-state index < -0.39 is 54.6 Å². The predicted molar refractivity (Wildman–Crippen MR) is 111 cm³/mol. The highest BCUT2D eigenvalue weighted by Crippen LogP contribution is 2.41. The molecule has 32 heavy (non-hydrogen) atoms. The van der Waals surface area contributed by atoms with E-state index in [1.54, 1.807) is 38.6 Å². The van der Waals surface area contributed by atoms with Gasteiger partial charge in [-0.05, 0) is 45.1 Å². The Labute approximate surface area is 186 Å². The first-order valence-electron chi connectivity index (χ1n) is 10.9. The largest absolute Gasteiger partial charge is 0.390 e. The number of amides is 1. The van der Waals surface area contributed by atoms with E-state index in [1.165, 1.54) is 0 Å². The fourth-order valence-corrected chi connectivity index (χ4v) is 4.95. The van der Waals surface area contributed by atoms with Crippen LogP contribution in [-0.4, -0.2) is 101 Å². The number of fused-ring (bicyclic) bond motifs is 2. The van der Waals surface area contributed by atoms with E-state index in [1.807, 2.05) is 6.92 Å². The molecular formula is C21H32N4O7. The first-order valence-corrected chi connectivity index (χ1v) is 10.9. The molecule has 1 aliphatic carbocycles. The van der Waals surface area contributed by atoms with E-state index in [0.29, 0.717) is 6.42 Å². The first-order chi connectivity index (χ1) is 15.3. The zero-order chi connectivity index (χ0) is 23.0. The summed E-state index contributed by atoms with van der Waals surface area (Å²) in [4.78, 5) is 16.7. The Balaban J connectivity index is 1.56. The summed E-state index contributed by atoms with van der Waals surface area (Å²) in [5.74, 6) is -2.29. The maximum absolute atomic E-state index is 12.7. The van der Waals surface area contributed by atoms with Crippen molar-refractivity contribution in [2.45, 2.75) is 80.5 Å². The van der Waals surface area contributed by atoms with Crippen LogP contribution >= 0.6 is 0 Å². The van der Waals surface area contributed by atoms with Crippen molar-refractivity contribution in [1.82, 2.24) is 20.9 Å². The van der Waals surface area contributed by atoms with Gasteiger partial charge in [-0.3, -0.25) is 9.78 Å². The van der Waals surface area contributed by atoms with Gasteiger partial charge in [-0.15, -0.1) is 0 Å². The van der Waals surface area contributed by atoms with Crippen LogP contribution in [0.25, 0.3) is 0 Å². The summed E-state index contributed by atoms with van der Waals surface area (Å²) in [6, 6.07) is 1.36. The number of aliphatic hydroxyl groups is 3. The van der Waals surface area contributed by atoms with Gasteiger partial charge in [0.1, 0.15) is 18.3 Å². The SMILES string of the molecule is CN[C@@H]1[C@H](O)[C@H](NC)C2O[C@]3(O)C(OC2[C@@H]1O)O[C@H](C)C[C@H]3NC(=O)Cc1ccncc1. The number of pyridine rings is 1. The summed E-state index contributed by atoms with van der Waals surface area (Å²) in [7, 11) is 3.29. The molecule has 2 saturated heterocycles. The fourth-order valence-electron chi connectivity index (χ4n) is 4.95. The molecule has 3 unspecified atom stereocenters. The number of carbonyl (C=O) groups excluding carboxylic acids is 1. The van der Waals surface area contributed by atoms with E-state index in [4.69, 9.17) is 14.2 Å². The molecule has 11 nitrogen and oxygen atoms in total. The van der Waals surface area contributed by atoms with Crippen molar-refractivity contribution < 1.29 is 34.3 Å². The van der Waals surface area contributed by atoms with E-state index >= 15 is 0 Å². The number of ether oxygens (including phenoxy) is 3. The standard InChI is InChI=1S/C21H32N4O7/c1-10-8-12(25-13(26)9-11-4-6-24-7-5-11)21(29)20(30-10)31-19-17(28)14(22-2)16(27)15(23-3)18(19)32-21/h4-7,10,12,14-20,22-23,27-29H,8-9H2,1-3H3,(H,25,26)/t10-,12-,14-,15+,16+,17-,18?,19?,20?,21+/m1/s1. The van der Waals surface area contributed by atoms with Crippen LogP contribution in [0, 0.1) is 0 Å². The third-order valence-electron chi connectivity index (χ3n) is 6.60. The molecular weight excluding hydrogens is 420 g/mol. The van der Waals surface area contributed by atoms with Gasteiger partial charge in [0.05, 0.1) is 36.8 Å². The summed E-state index contributed by atoms with van der Waals surface area (Å²) in [5.41, 5.74) is 0.786. The number of nitrogens with one attached hydrogen (secondary N) is 3. The molecule has 0 spiro atoms. The molecule has 0 bridgehead atoms. The molecule has 1 saturated carbocycles. The van der Waals surface area contributed by atoms with Crippen LogP contribution in [0.4, 0.5) is 0 Å². The van der Waals surface area contributed by atoms with Crippen LogP contribution in [0.2, 0.25) is 0 Å². The van der Waals surface area contributed by atoms with Crippen molar-refractivity contribution in [3.8, 4) is 0 Å². The lowest BCUT2D eigenvalue weighted by Crippen LogP contribution is -2.79. The molecule has 10 atom stereocenters. The van der Waals surface area contributed by atoms with Crippen LogP contribution in [0.15, 0.2) is 24.5 Å². The van der Waals surface area contributed by atoms with Crippen LogP contribution < -0.4 is 16.0 Å². The number of rotatable bonds is 5. The number of hydrogen-bond acceptors (Lipinski definition) is 10. The highest BCUT2D eigenvalue weighted by atomic mass is 16.8. The average Bonchev–Trinajstić information content (AvgIpc) is 2.75. The Hall–Kier alpha value is -1.70. The number of carbonyl (C=O) groups is 1. The molecule has 6 N–H and O–H groups in total. The average molecular weight is 453 g/mol. The summed E-state index contributed by atoms with van der Waals surface area (Å²) < 4.78 is 17.9. The molecule has 178 valence electrons. The second-order valence-electron chi connectivity index (χ2n) is 8.71. The lowest BCUT2D eigenvalue weighted by atomic mass is 9.79. The van der Waals surface area contributed by atoms with E-state index in [-0.39, 0.29) is 18.4 Å². The van der Waals surface area contributed by atoms with Gasteiger partial charge in [0, 0.05) is 12.4 Å². The maximum atomic E-state index is 12.7. The molecule has 3 heterocycles. The van der Waals surface area contributed by atoms with Crippen molar-refractivity contribution in [3.63, 3.8) is 0 Å². The lowest BCUT2D eigenvalue weighted by molar-refractivity contribution is -0.449. The molecule has 1 amide bonds. The Kier molecular flexibility index (Phi) is 6.80. The van der Waals surface area contributed by atoms with Crippen molar-refractivity contribution >= 4 is 5.91 Å². The molecule has 0 radical (unpaired) electrons. The van der Waals surface area contributed by atoms with Crippen LogP contribution in [-0.2, 0) is 25.4 Å². The number of nitrogens with zero attached hydrogens (tertiary/aromatic N) is 1. The molecule has 2 aliphatic heterocycles. The fraction of sp³-hybridized carbons (Fsp3) is 0.714. The number of aliphatic hydroxyl groups excluding tert-OH is 2. The highest BCUT2D eigenvalue weighted by Gasteiger charge is 2.63. The van der Waals surface area contributed by atoms with Crippen molar-refractivity contribution in [3.05, 3.63) is 30.1 Å². The van der Waals surface area contributed by atoms with Gasteiger partial charge in [-0.1, -0.05) is 0 Å². The molecule has 1 aromatic heterocycles. The Morgan fingerprint density at radius 2 is 1.81 bits per heavy atom. The van der Waals surface area contributed by atoms with Gasteiger partial charge in [0.2, 0.25) is 18.0 Å². The second kappa shape index (κ2) is 9.27. The summed E-state index contributed by atoms with van der Waals surface area (Å²) in [6.07, 6.45) is -1.79. The van der Waals surface area contributed by atoms with Gasteiger partial charge in [0.25, 0.3) is 0 Å². The molecule has 11 heteroatoms. The first kappa shape index (κ1) is 23.5. The zero-order valence-electron chi connectivity index (χ0n) is 18.3. The third-order valence-corrected chi connectivity index (χ3v) is 6.60. The highest BCUT2D eigenvalue weighted by molar-refractivity contribution is 5.79. The Bertz CT molecular complexity index is 802. The minimum absolute atomic E-state index is 0.113. The number of hydrogen-bond donors (Lipinski definition) is 6. The summed E-state index contributed by atoms with van der Waals surface area (Å²) >= 11 is 0. The Morgan fingerprint density at radius 1 is 1.12 bits per heavy atom. The molecule has 1 aromatic rings. The summed E-state index contributed by atoms with van der Waals surface area (Å²) in [5, 5.41) is 41.8. The van der Waals surface area contributed by atoms with Crippen molar-refractivity contribution in [1.29, 1.82) is 0 Å². The second-order valence-corrected chi connectivity index (χ2v) is 8.71. The normalized spacial score (nSPS) is 43.8. The van der Waals surface area contributed by atoms with Crippen LogP contribution in [0.5, 0.6) is 0 Å². The van der Waals surface area contributed by atoms with Gasteiger partial charge in [-0.25, -0.2) is 0 Å². The minimum Gasteiger partial charge on any atom is -0.390 e. The lowest BCUT2D eigenvalue weighted by Gasteiger charge is -2.58. The zero-order valence-corrected chi connectivity index (χ0v) is 18.3. The number of aromatic nitrogens is 1. The molecule has 3 aliphatic rings. The van der Waals surface area contributed by atoms with E-state index in [0.717, 1.165) is 5.56 Å². The molecule has 4 rings (SSSR count). The third kappa shape index (κ3) is 4.15. The maximum Gasteiger partial charge on any atom is 0.239 e. The van der Waals surface area contributed by atoms with E-state index in [2.05, 4.69) is 20.9 Å².